The Kier molecular flexibility index (Phi) is 6.43. The maximum absolute atomic E-state index is 13.3. The van der Waals surface area contributed by atoms with Crippen molar-refractivity contribution in [2.75, 3.05) is 43.0 Å². The molecule has 170 valence electrons. The van der Waals surface area contributed by atoms with Crippen molar-refractivity contribution in [1.82, 2.24) is 9.29 Å². The Balaban J connectivity index is 1.46. The number of aryl methyl sites for hydroxylation is 1. The second-order valence-corrected chi connectivity index (χ2v) is 9.68. The van der Waals surface area contributed by atoms with Crippen LogP contribution in [0.1, 0.15) is 35.7 Å². The molecule has 10 heteroatoms. The Morgan fingerprint density at radius 3 is 2.72 bits per heavy atom. The molecule has 1 fully saturated rings. The predicted molar refractivity (Wildman–Crippen MR) is 119 cm³/mol. The van der Waals surface area contributed by atoms with Crippen LogP contribution in [0.5, 0.6) is 0 Å². The topological polar surface area (TPSA) is 109 Å². The Morgan fingerprint density at radius 1 is 1.12 bits per heavy atom. The average Bonchev–Trinajstić information content (AvgIpc) is 3.06. The van der Waals surface area contributed by atoms with Crippen molar-refractivity contribution in [3.63, 3.8) is 0 Å². The van der Waals surface area contributed by atoms with E-state index in [0.29, 0.717) is 69.1 Å². The molecule has 1 N–H and O–H groups in total. The summed E-state index contributed by atoms with van der Waals surface area (Å²) in [5, 5.41) is 2.78. The fraction of sp³-hybridized carbons (Fsp3) is 0.409. The lowest BCUT2D eigenvalue weighted by Gasteiger charge is -2.23. The second-order valence-electron chi connectivity index (χ2n) is 7.74. The zero-order valence-corrected chi connectivity index (χ0v) is 18.7. The highest BCUT2D eigenvalue weighted by atomic mass is 32.2. The van der Waals surface area contributed by atoms with E-state index in [1.54, 1.807) is 37.3 Å². The zero-order chi connectivity index (χ0) is 22.7. The van der Waals surface area contributed by atoms with Gasteiger partial charge in [-0.15, -0.1) is 0 Å². The fourth-order valence-corrected chi connectivity index (χ4v) is 5.46. The number of esters is 1. The molecule has 0 aliphatic carbocycles. The number of amides is 1. The van der Waals surface area contributed by atoms with Crippen molar-refractivity contribution in [2.45, 2.75) is 31.1 Å². The standard InChI is InChI=1S/C22H26N4O5S/c1-2-31-22(28)17-4-8-20(23-15-17)25-10-3-11-26(13-12-25)32(29,30)18-6-7-19-16(14-18)5-9-21(27)24-19/h4,6-8,14-15H,2-3,5,9-13H2,1H3,(H,24,27). The van der Waals surface area contributed by atoms with Crippen LogP contribution in [0.4, 0.5) is 11.5 Å². The number of sulfonamides is 1. The quantitative estimate of drug-likeness (QED) is 0.683. The first-order valence-electron chi connectivity index (χ1n) is 10.7. The number of carbonyl (C=O) groups is 2. The van der Waals surface area contributed by atoms with Gasteiger partial charge < -0.3 is 15.0 Å². The molecule has 32 heavy (non-hydrogen) atoms. The molecule has 0 radical (unpaired) electrons. The summed E-state index contributed by atoms with van der Waals surface area (Å²) in [6, 6.07) is 8.32. The highest BCUT2D eigenvalue weighted by Crippen LogP contribution is 2.27. The summed E-state index contributed by atoms with van der Waals surface area (Å²) in [5.41, 5.74) is 1.91. The first kappa shape index (κ1) is 22.2. The first-order valence-corrected chi connectivity index (χ1v) is 12.1. The van der Waals surface area contributed by atoms with Crippen LogP contribution in [-0.4, -0.2) is 62.4 Å². The summed E-state index contributed by atoms with van der Waals surface area (Å²) in [4.78, 5) is 30.0. The Hall–Kier alpha value is -2.98. The van der Waals surface area contributed by atoms with E-state index in [-0.39, 0.29) is 10.8 Å². The lowest BCUT2D eigenvalue weighted by Crippen LogP contribution is -2.35. The van der Waals surface area contributed by atoms with Gasteiger partial charge in [-0.25, -0.2) is 18.2 Å². The number of hydrogen-bond donors (Lipinski definition) is 1. The normalized spacial score (nSPS) is 17.3. The smallest absolute Gasteiger partial charge is 0.339 e. The molecule has 1 aromatic carbocycles. The Bertz CT molecular complexity index is 1120. The maximum atomic E-state index is 13.3. The van der Waals surface area contributed by atoms with Gasteiger partial charge in [0.1, 0.15) is 5.82 Å². The molecular formula is C22H26N4O5S. The third-order valence-corrected chi connectivity index (χ3v) is 7.54. The molecule has 1 amide bonds. The van der Waals surface area contributed by atoms with Gasteiger partial charge in [0.15, 0.2) is 0 Å². The van der Waals surface area contributed by atoms with Gasteiger partial charge in [-0.2, -0.15) is 4.31 Å². The highest BCUT2D eigenvalue weighted by Gasteiger charge is 2.28. The lowest BCUT2D eigenvalue weighted by atomic mass is 10.0. The number of fused-ring (bicyclic) bond motifs is 1. The van der Waals surface area contributed by atoms with Gasteiger partial charge in [0.25, 0.3) is 0 Å². The molecule has 2 aromatic rings. The van der Waals surface area contributed by atoms with Gasteiger partial charge >= 0.3 is 5.97 Å². The van der Waals surface area contributed by atoms with Crippen molar-refractivity contribution >= 4 is 33.4 Å². The number of rotatable bonds is 5. The van der Waals surface area contributed by atoms with E-state index in [9.17, 15) is 18.0 Å². The highest BCUT2D eigenvalue weighted by molar-refractivity contribution is 7.89. The number of aromatic nitrogens is 1. The summed E-state index contributed by atoms with van der Waals surface area (Å²) in [7, 11) is -3.65. The molecule has 9 nitrogen and oxygen atoms in total. The number of nitrogens with zero attached hydrogens (tertiary/aromatic N) is 3. The van der Waals surface area contributed by atoms with Crippen LogP contribution >= 0.6 is 0 Å². The van der Waals surface area contributed by atoms with E-state index in [1.807, 2.05) is 4.90 Å². The van der Waals surface area contributed by atoms with Gasteiger partial charge in [-0.3, -0.25) is 4.79 Å². The number of anilines is 2. The number of pyridine rings is 1. The van der Waals surface area contributed by atoms with Crippen molar-refractivity contribution < 1.29 is 22.7 Å². The van der Waals surface area contributed by atoms with Gasteiger partial charge in [-0.05, 0) is 55.7 Å². The van der Waals surface area contributed by atoms with E-state index in [2.05, 4.69) is 10.3 Å². The molecule has 3 heterocycles. The minimum atomic E-state index is -3.65. The molecule has 0 bridgehead atoms. The van der Waals surface area contributed by atoms with Gasteiger partial charge in [0.2, 0.25) is 15.9 Å². The molecule has 2 aliphatic rings. The summed E-state index contributed by atoms with van der Waals surface area (Å²) in [6.07, 6.45) is 3.03. The van der Waals surface area contributed by atoms with E-state index in [1.165, 1.54) is 10.5 Å². The Labute approximate surface area is 187 Å². The molecule has 0 unspecified atom stereocenters. The summed E-state index contributed by atoms with van der Waals surface area (Å²) < 4.78 is 33.0. The SMILES string of the molecule is CCOC(=O)c1ccc(N2CCCN(S(=O)(=O)c3ccc4c(c3)CCC(=O)N4)CC2)nc1. The number of hydrogen-bond acceptors (Lipinski definition) is 7. The Morgan fingerprint density at radius 2 is 1.97 bits per heavy atom. The molecule has 1 saturated heterocycles. The van der Waals surface area contributed by atoms with Crippen molar-refractivity contribution in [3.05, 3.63) is 47.7 Å². The van der Waals surface area contributed by atoms with Crippen LogP contribution in [-0.2, 0) is 26.0 Å². The van der Waals surface area contributed by atoms with Gasteiger partial charge in [0.05, 0.1) is 17.1 Å². The molecule has 0 spiro atoms. The average molecular weight is 459 g/mol. The number of ether oxygens (including phenoxy) is 1. The number of carbonyl (C=O) groups excluding carboxylic acids is 2. The molecule has 1 aromatic heterocycles. The van der Waals surface area contributed by atoms with E-state index in [4.69, 9.17) is 4.74 Å². The number of nitrogens with one attached hydrogen (secondary N) is 1. The van der Waals surface area contributed by atoms with Gasteiger partial charge in [-0.1, -0.05) is 0 Å². The molecule has 0 saturated carbocycles. The zero-order valence-electron chi connectivity index (χ0n) is 17.9. The number of benzene rings is 1. The van der Waals surface area contributed by atoms with Crippen LogP contribution in [0.15, 0.2) is 41.4 Å². The molecular weight excluding hydrogens is 432 g/mol. The monoisotopic (exact) mass is 458 g/mol. The third kappa shape index (κ3) is 4.61. The van der Waals surface area contributed by atoms with E-state index < -0.39 is 16.0 Å². The molecule has 4 rings (SSSR count). The fourth-order valence-electron chi connectivity index (χ4n) is 3.94. The largest absolute Gasteiger partial charge is 0.462 e. The van der Waals surface area contributed by atoms with Crippen LogP contribution in [0.25, 0.3) is 0 Å². The van der Waals surface area contributed by atoms with E-state index in [0.717, 1.165) is 5.56 Å². The lowest BCUT2D eigenvalue weighted by molar-refractivity contribution is -0.116. The van der Waals surface area contributed by atoms with E-state index >= 15 is 0 Å². The predicted octanol–water partition coefficient (Wildman–Crippen LogP) is 2.04. The van der Waals surface area contributed by atoms with Crippen LogP contribution in [0, 0.1) is 0 Å². The summed E-state index contributed by atoms with van der Waals surface area (Å²) in [5.74, 6) is 0.232. The van der Waals surface area contributed by atoms with Crippen molar-refractivity contribution in [2.24, 2.45) is 0 Å². The molecule has 2 aliphatic heterocycles. The maximum Gasteiger partial charge on any atom is 0.339 e. The second kappa shape index (κ2) is 9.25. The van der Waals surface area contributed by atoms with Crippen molar-refractivity contribution in [1.29, 1.82) is 0 Å². The van der Waals surface area contributed by atoms with Gasteiger partial charge in [0, 0.05) is 44.5 Å². The minimum Gasteiger partial charge on any atom is -0.462 e. The minimum absolute atomic E-state index is 0.0513. The molecule has 0 atom stereocenters. The van der Waals surface area contributed by atoms with Crippen LogP contribution < -0.4 is 10.2 Å². The summed E-state index contributed by atoms with van der Waals surface area (Å²) in [6.45, 7) is 3.94. The van der Waals surface area contributed by atoms with Crippen LogP contribution in [0.3, 0.4) is 0 Å². The van der Waals surface area contributed by atoms with Crippen molar-refractivity contribution in [3.8, 4) is 0 Å². The van der Waals surface area contributed by atoms with Crippen LogP contribution in [0.2, 0.25) is 0 Å². The first-order chi connectivity index (χ1) is 15.4. The third-order valence-electron chi connectivity index (χ3n) is 5.65. The summed E-state index contributed by atoms with van der Waals surface area (Å²) >= 11 is 0.